The van der Waals surface area contributed by atoms with Crippen LogP contribution in [0.2, 0.25) is 0 Å². The van der Waals surface area contributed by atoms with Crippen LogP contribution < -0.4 is 9.47 Å². The van der Waals surface area contributed by atoms with Crippen molar-refractivity contribution in [2.45, 2.75) is 44.6 Å². The van der Waals surface area contributed by atoms with Gasteiger partial charge in [0.1, 0.15) is 35.6 Å². The summed E-state index contributed by atoms with van der Waals surface area (Å²) >= 11 is 0. The molecule has 2 N–H and O–H groups in total. The lowest BCUT2D eigenvalue weighted by Crippen LogP contribution is -2.41. The molecule has 0 aliphatic carbocycles. The van der Waals surface area contributed by atoms with Gasteiger partial charge in [-0.3, -0.25) is 4.90 Å². The van der Waals surface area contributed by atoms with Crippen LogP contribution in [0.1, 0.15) is 26.3 Å². The van der Waals surface area contributed by atoms with E-state index in [4.69, 9.17) is 9.47 Å². The Morgan fingerprint density at radius 1 is 1.18 bits per heavy atom. The van der Waals surface area contributed by atoms with Crippen LogP contribution in [0.4, 0.5) is 4.39 Å². The number of hydrogen-bond acceptors (Lipinski definition) is 5. The first-order valence-corrected chi connectivity index (χ1v) is 9.42. The standard InChI is InChI=1S/C22H28FNO4/c1-21(2,25)15-27-18-9-7-16(8-10-18)12-24-13-20(22(3,26)14-24)28-19-6-4-5-17(23)11-19/h4-11,20,25-26H,12-15H2,1-3H3/t20-,22-/m1/s1. The molecular formula is C22H28FNO4. The van der Waals surface area contributed by atoms with Gasteiger partial charge < -0.3 is 19.7 Å². The SMILES string of the molecule is CC(C)(O)COc1ccc(CN2C[C@@H](Oc3cccc(F)c3)[C@](C)(O)C2)cc1. The predicted octanol–water partition coefficient (Wildman–Crippen LogP) is 2.99. The normalized spacial score (nSPS) is 23.0. The van der Waals surface area contributed by atoms with Crippen molar-refractivity contribution >= 4 is 0 Å². The van der Waals surface area contributed by atoms with Crippen molar-refractivity contribution < 1.29 is 24.1 Å². The third-order valence-corrected chi connectivity index (χ3v) is 4.66. The molecule has 0 saturated carbocycles. The first-order chi connectivity index (χ1) is 13.1. The molecule has 1 aliphatic rings. The molecule has 1 saturated heterocycles. The fourth-order valence-corrected chi connectivity index (χ4v) is 3.25. The van der Waals surface area contributed by atoms with E-state index in [1.165, 1.54) is 12.1 Å². The molecule has 0 radical (unpaired) electrons. The third kappa shape index (κ3) is 5.67. The monoisotopic (exact) mass is 389 g/mol. The maximum Gasteiger partial charge on any atom is 0.141 e. The predicted molar refractivity (Wildman–Crippen MR) is 105 cm³/mol. The molecule has 1 heterocycles. The van der Waals surface area contributed by atoms with Crippen LogP contribution in [0.15, 0.2) is 48.5 Å². The third-order valence-electron chi connectivity index (χ3n) is 4.66. The molecule has 28 heavy (non-hydrogen) atoms. The highest BCUT2D eigenvalue weighted by Crippen LogP contribution is 2.28. The van der Waals surface area contributed by atoms with E-state index in [-0.39, 0.29) is 12.4 Å². The van der Waals surface area contributed by atoms with Crippen molar-refractivity contribution in [1.82, 2.24) is 4.90 Å². The van der Waals surface area contributed by atoms with Gasteiger partial charge >= 0.3 is 0 Å². The van der Waals surface area contributed by atoms with Gasteiger partial charge in [0.05, 0.1) is 5.60 Å². The molecule has 2 aromatic rings. The minimum absolute atomic E-state index is 0.223. The van der Waals surface area contributed by atoms with E-state index in [2.05, 4.69) is 4.90 Å². The summed E-state index contributed by atoms with van der Waals surface area (Å²) in [5.74, 6) is 0.755. The van der Waals surface area contributed by atoms with Gasteiger partial charge in [0.15, 0.2) is 0 Å². The van der Waals surface area contributed by atoms with Crippen molar-refractivity contribution in [1.29, 1.82) is 0 Å². The molecule has 3 rings (SSSR count). The number of ether oxygens (including phenoxy) is 2. The summed E-state index contributed by atoms with van der Waals surface area (Å²) in [6.45, 7) is 7.02. The molecule has 0 amide bonds. The molecule has 2 atom stereocenters. The van der Waals surface area contributed by atoms with Gasteiger partial charge in [-0.05, 0) is 50.6 Å². The largest absolute Gasteiger partial charge is 0.491 e. The molecule has 1 fully saturated rings. The Bertz CT molecular complexity index is 786. The zero-order valence-electron chi connectivity index (χ0n) is 16.6. The minimum atomic E-state index is -1.03. The van der Waals surface area contributed by atoms with Crippen molar-refractivity contribution in [3.63, 3.8) is 0 Å². The smallest absolute Gasteiger partial charge is 0.141 e. The van der Waals surface area contributed by atoms with Gasteiger partial charge in [0.25, 0.3) is 0 Å². The summed E-state index contributed by atoms with van der Waals surface area (Å²) in [5, 5.41) is 20.4. The number of benzene rings is 2. The molecule has 5 nitrogen and oxygen atoms in total. The summed E-state index contributed by atoms with van der Waals surface area (Å²) in [7, 11) is 0. The number of aliphatic hydroxyl groups is 2. The van der Waals surface area contributed by atoms with Crippen LogP contribution >= 0.6 is 0 Å². The minimum Gasteiger partial charge on any atom is -0.491 e. The quantitative estimate of drug-likeness (QED) is 0.762. The van der Waals surface area contributed by atoms with E-state index in [0.717, 1.165) is 5.56 Å². The van der Waals surface area contributed by atoms with Crippen molar-refractivity contribution in [2.75, 3.05) is 19.7 Å². The van der Waals surface area contributed by atoms with E-state index < -0.39 is 17.3 Å². The van der Waals surface area contributed by atoms with Gasteiger partial charge in [0, 0.05) is 25.7 Å². The summed E-state index contributed by atoms with van der Waals surface area (Å²) in [5.41, 5.74) is -0.823. The van der Waals surface area contributed by atoms with E-state index in [9.17, 15) is 14.6 Å². The van der Waals surface area contributed by atoms with Crippen LogP contribution in [-0.4, -0.2) is 52.1 Å². The van der Waals surface area contributed by atoms with Gasteiger partial charge in [-0.25, -0.2) is 4.39 Å². The maximum atomic E-state index is 13.4. The summed E-state index contributed by atoms with van der Waals surface area (Å²) in [6.07, 6.45) is -0.441. The maximum absolute atomic E-state index is 13.4. The van der Waals surface area contributed by atoms with E-state index in [1.54, 1.807) is 32.9 Å². The average molecular weight is 389 g/mol. The second-order valence-electron chi connectivity index (χ2n) is 8.34. The lowest BCUT2D eigenvalue weighted by molar-refractivity contribution is -0.0131. The Labute approximate surface area is 165 Å². The highest BCUT2D eigenvalue weighted by molar-refractivity contribution is 5.28. The fraction of sp³-hybridized carbons (Fsp3) is 0.455. The van der Waals surface area contributed by atoms with Crippen LogP contribution in [0, 0.1) is 5.82 Å². The van der Waals surface area contributed by atoms with E-state index in [0.29, 0.717) is 31.1 Å². The van der Waals surface area contributed by atoms with Gasteiger partial charge in [0.2, 0.25) is 0 Å². The van der Waals surface area contributed by atoms with Crippen LogP contribution in [-0.2, 0) is 6.54 Å². The summed E-state index contributed by atoms with van der Waals surface area (Å²) < 4.78 is 24.8. The van der Waals surface area contributed by atoms with Gasteiger partial charge in [-0.1, -0.05) is 18.2 Å². The molecule has 0 bridgehead atoms. The first-order valence-electron chi connectivity index (χ1n) is 9.42. The second-order valence-corrected chi connectivity index (χ2v) is 8.34. The zero-order valence-corrected chi connectivity index (χ0v) is 16.6. The van der Waals surface area contributed by atoms with Crippen LogP contribution in [0.5, 0.6) is 11.5 Å². The molecule has 152 valence electrons. The lowest BCUT2D eigenvalue weighted by atomic mass is 10.0. The molecular weight excluding hydrogens is 361 g/mol. The summed E-state index contributed by atoms with van der Waals surface area (Å²) in [6, 6.07) is 13.6. The Hall–Kier alpha value is -2.15. The molecule has 2 aromatic carbocycles. The Morgan fingerprint density at radius 3 is 2.54 bits per heavy atom. The Balaban J connectivity index is 1.58. The van der Waals surface area contributed by atoms with E-state index in [1.807, 2.05) is 24.3 Å². The fourth-order valence-electron chi connectivity index (χ4n) is 3.25. The number of β-amino-alcohol motifs (C(OH)–C–C–N with tert-alkyl or cyclic N) is 1. The number of nitrogens with zero attached hydrogens (tertiary/aromatic N) is 1. The second kappa shape index (κ2) is 8.07. The van der Waals surface area contributed by atoms with Gasteiger partial charge in [-0.2, -0.15) is 0 Å². The molecule has 6 heteroatoms. The number of halogens is 1. The molecule has 0 aromatic heterocycles. The van der Waals surface area contributed by atoms with E-state index >= 15 is 0 Å². The average Bonchev–Trinajstić information content (AvgIpc) is 2.87. The Kier molecular flexibility index (Phi) is 5.93. The van der Waals surface area contributed by atoms with Crippen LogP contribution in [0.3, 0.4) is 0 Å². The van der Waals surface area contributed by atoms with Crippen LogP contribution in [0.25, 0.3) is 0 Å². The highest BCUT2D eigenvalue weighted by Gasteiger charge is 2.43. The van der Waals surface area contributed by atoms with Gasteiger partial charge in [-0.15, -0.1) is 0 Å². The molecule has 0 unspecified atom stereocenters. The number of rotatable bonds is 7. The zero-order chi connectivity index (χ0) is 20.4. The van der Waals surface area contributed by atoms with Crippen molar-refractivity contribution in [3.8, 4) is 11.5 Å². The molecule has 0 spiro atoms. The Morgan fingerprint density at radius 2 is 1.89 bits per heavy atom. The summed E-state index contributed by atoms with van der Waals surface area (Å²) in [4.78, 5) is 2.11. The first kappa shape index (κ1) is 20.6. The number of hydrogen-bond donors (Lipinski definition) is 2. The molecule has 1 aliphatic heterocycles. The number of likely N-dealkylation sites (tertiary alicyclic amines) is 1. The lowest BCUT2D eigenvalue weighted by Gasteiger charge is -2.25. The highest BCUT2D eigenvalue weighted by atomic mass is 19.1. The van der Waals surface area contributed by atoms with Crippen molar-refractivity contribution in [3.05, 3.63) is 59.9 Å². The van der Waals surface area contributed by atoms with Crippen molar-refractivity contribution in [2.24, 2.45) is 0 Å². The topological polar surface area (TPSA) is 62.2 Å².